The standard InChI is InChI=1S/C8H5Cl2N3O/c9-6-3-1-2-12-5(3)4(8(11)14)7(10)13-6/h1-2,12H,(H2,11,14). The van der Waals surface area contributed by atoms with Crippen molar-refractivity contribution >= 4 is 40.0 Å². The summed E-state index contributed by atoms with van der Waals surface area (Å²) in [6, 6.07) is 1.70. The van der Waals surface area contributed by atoms with Crippen molar-refractivity contribution in [3.8, 4) is 0 Å². The number of fused-ring (bicyclic) bond motifs is 1. The molecule has 0 aliphatic rings. The number of carbonyl (C=O) groups excluding carboxylic acids is 1. The van der Waals surface area contributed by atoms with E-state index in [0.717, 1.165) is 0 Å². The maximum Gasteiger partial charge on any atom is 0.253 e. The van der Waals surface area contributed by atoms with E-state index in [4.69, 9.17) is 28.9 Å². The van der Waals surface area contributed by atoms with Crippen LogP contribution in [0.25, 0.3) is 10.9 Å². The van der Waals surface area contributed by atoms with E-state index in [2.05, 4.69) is 9.97 Å². The lowest BCUT2D eigenvalue weighted by molar-refractivity contribution is 0.100. The number of H-pyrrole nitrogens is 1. The van der Waals surface area contributed by atoms with Gasteiger partial charge in [-0.1, -0.05) is 23.2 Å². The highest BCUT2D eigenvalue weighted by Crippen LogP contribution is 2.28. The van der Waals surface area contributed by atoms with Gasteiger partial charge in [0, 0.05) is 11.6 Å². The minimum atomic E-state index is -0.633. The van der Waals surface area contributed by atoms with E-state index < -0.39 is 5.91 Å². The molecule has 3 N–H and O–H groups in total. The summed E-state index contributed by atoms with van der Waals surface area (Å²) in [6.45, 7) is 0. The van der Waals surface area contributed by atoms with Crippen LogP contribution in [0.4, 0.5) is 0 Å². The van der Waals surface area contributed by atoms with E-state index in [1.165, 1.54) is 0 Å². The predicted molar refractivity (Wildman–Crippen MR) is 54.6 cm³/mol. The van der Waals surface area contributed by atoms with Crippen LogP contribution in [0.3, 0.4) is 0 Å². The number of aromatic amines is 1. The van der Waals surface area contributed by atoms with Gasteiger partial charge in [0.15, 0.2) is 0 Å². The molecule has 6 heteroatoms. The zero-order valence-electron chi connectivity index (χ0n) is 6.84. The van der Waals surface area contributed by atoms with Gasteiger partial charge in [0.2, 0.25) is 0 Å². The van der Waals surface area contributed by atoms with Crippen molar-refractivity contribution in [2.45, 2.75) is 0 Å². The third-order valence-corrected chi connectivity index (χ3v) is 2.43. The quantitative estimate of drug-likeness (QED) is 0.735. The Morgan fingerprint density at radius 1 is 1.43 bits per heavy atom. The molecule has 0 saturated heterocycles. The molecule has 2 aromatic rings. The van der Waals surface area contributed by atoms with Crippen LogP contribution in [0.1, 0.15) is 10.4 Å². The summed E-state index contributed by atoms with van der Waals surface area (Å²) in [5.74, 6) is -0.633. The summed E-state index contributed by atoms with van der Waals surface area (Å²) < 4.78 is 0. The number of hydrogen-bond acceptors (Lipinski definition) is 2. The lowest BCUT2D eigenvalue weighted by Crippen LogP contribution is -2.13. The van der Waals surface area contributed by atoms with Crippen molar-refractivity contribution in [1.82, 2.24) is 9.97 Å². The number of carbonyl (C=O) groups is 1. The van der Waals surface area contributed by atoms with Gasteiger partial charge in [0.05, 0.1) is 5.52 Å². The fourth-order valence-electron chi connectivity index (χ4n) is 1.28. The molecular formula is C8H5Cl2N3O. The Morgan fingerprint density at radius 2 is 2.14 bits per heavy atom. The number of rotatable bonds is 1. The molecule has 14 heavy (non-hydrogen) atoms. The van der Waals surface area contributed by atoms with E-state index in [-0.39, 0.29) is 15.9 Å². The predicted octanol–water partition coefficient (Wildman–Crippen LogP) is 1.97. The van der Waals surface area contributed by atoms with Gasteiger partial charge < -0.3 is 10.7 Å². The fraction of sp³-hybridized carbons (Fsp3) is 0. The Labute approximate surface area is 89.0 Å². The number of nitrogens with one attached hydrogen (secondary N) is 1. The first-order valence-corrected chi connectivity index (χ1v) is 4.48. The molecule has 72 valence electrons. The number of amides is 1. The van der Waals surface area contributed by atoms with Crippen molar-refractivity contribution in [2.75, 3.05) is 0 Å². The zero-order valence-corrected chi connectivity index (χ0v) is 8.36. The molecule has 2 heterocycles. The van der Waals surface area contributed by atoms with Gasteiger partial charge in [0.25, 0.3) is 5.91 Å². The average Bonchev–Trinajstić information content (AvgIpc) is 2.51. The van der Waals surface area contributed by atoms with Crippen LogP contribution < -0.4 is 5.73 Å². The smallest absolute Gasteiger partial charge is 0.253 e. The van der Waals surface area contributed by atoms with Crippen LogP contribution in [0, 0.1) is 0 Å². The Morgan fingerprint density at radius 3 is 2.79 bits per heavy atom. The number of pyridine rings is 1. The van der Waals surface area contributed by atoms with Crippen LogP contribution in [-0.4, -0.2) is 15.9 Å². The zero-order chi connectivity index (χ0) is 10.3. The van der Waals surface area contributed by atoms with Crippen LogP contribution in [0.5, 0.6) is 0 Å². The second-order valence-corrected chi connectivity index (χ2v) is 3.42. The molecule has 2 rings (SSSR count). The number of hydrogen-bond donors (Lipinski definition) is 2. The second-order valence-electron chi connectivity index (χ2n) is 2.70. The van der Waals surface area contributed by atoms with E-state index in [1.807, 2.05) is 0 Å². The van der Waals surface area contributed by atoms with Crippen molar-refractivity contribution in [3.63, 3.8) is 0 Å². The van der Waals surface area contributed by atoms with Gasteiger partial charge in [0.1, 0.15) is 15.9 Å². The van der Waals surface area contributed by atoms with Crippen LogP contribution >= 0.6 is 23.2 Å². The van der Waals surface area contributed by atoms with Crippen molar-refractivity contribution in [3.05, 3.63) is 28.1 Å². The summed E-state index contributed by atoms with van der Waals surface area (Å²) in [7, 11) is 0. The normalized spacial score (nSPS) is 10.7. The molecular weight excluding hydrogens is 225 g/mol. The molecule has 0 saturated carbocycles. The molecule has 0 bridgehead atoms. The summed E-state index contributed by atoms with van der Waals surface area (Å²) in [5, 5.41) is 0.888. The summed E-state index contributed by atoms with van der Waals surface area (Å²) in [4.78, 5) is 17.7. The van der Waals surface area contributed by atoms with Crippen molar-refractivity contribution in [1.29, 1.82) is 0 Å². The molecule has 0 aromatic carbocycles. The highest BCUT2D eigenvalue weighted by Gasteiger charge is 2.16. The van der Waals surface area contributed by atoms with Crippen LogP contribution in [-0.2, 0) is 0 Å². The maximum absolute atomic E-state index is 11.1. The maximum atomic E-state index is 11.1. The Kier molecular flexibility index (Phi) is 2.09. The van der Waals surface area contributed by atoms with E-state index in [1.54, 1.807) is 12.3 Å². The molecule has 2 aromatic heterocycles. The van der Waals surface area contributed by atoms with Crippen molar-refractivity contribution < 1.29 is 4.79 Å². The fourth-order valence-corrected chi connectivity index (χ4v) is 1.84. The van der Waals surface area contributed by atoms with Gasteiger partial charge in [-0.15, -0.1) is 0 Å². The molecule has 0 aliphatic carbocycles. The largest absolute Gasteiger partial charge is 0.365 e. The molecule has 0 spiro atoms. The molecule has 4 nitrogen and oxygen atoms in total. The SMILES string of the molecule is NC(=O)c1c(Cl)nc(Cl)c2cc[nH]c12. The number of nitrogens with two attached hydrogens (primary N) is 1. The Bertz CT molecular complexity index is 521. The minimum absolute atomic E-state index is 0.0115. The molecule has 1 amide bonds. The van der Waals surface area contributed by atoms with Gasteiger partial charge in [-0.25, -0.2) is 4.98 Å². The first-order valence-electron chi connectivity index (χ1n) is 3.73. The average molecular weight is 230 g/mol. The molecule has 0 unspecified atom stereocenters. The summed E-state index contributed by atoms with van der Waals surface area (Å²) in [6.07, 6.45) is 1.64. The van der Waals surface area contributed by atoms with Gasteiger partial charge in [-0.05, 0) is 6.07 Å². The van der Waals surface area contributed by atoms with Gasteiger partial charge in [-0.2, -0.15) is 0 Å². The lowest BCUT2D eigenvalue weighted by Gasteiger charge is -2.02. The number of primary amides is 1. The van der Waals surface area contributed by atoms with E-state index in [9.17, 15) is 4.79 Å². The molecule has 0 atom stereocenters. The van der Waals surface area contributed by atoms with E-state index in [0.29, 0.717) is 10.9 Å². The van der Waals surface area contributed by atoms with Gasteiger partial charge >= 0.3 is 0 Å². The van der Waals surface area contributed by atoms with Gasteiger partial charge in [-0.3, -0.25) is 4.79 Å². The summed E-state index contributed by atoms with van der Waals surface area (Å²) in [5.41, 5.74) is 5.84. The van der Waals surface area contributed by atoms with Crippen molar-refractivity contribution in [2.24, 2.45) is 5.73 Å². The second kappa shape index (κ2) is 3.15. The number of nitrogens with zero attached hydrogens (tertiary/aromatic N) is 1. The van der Waals surface area contributed by atoms with Crippen LogP contribution in [0.2, 0.25) is 10.3 Å². The minimum Gasteiger partial charge on any atom is -0.365 e. The monoisotopic (exact) mass is 229 g/mol. The number of halogens is 2. The lowest BCUT2D eigenvalue weighted by atomic mass is 10.2. The first kappa shape index (κ1) is 9.30. The molecule has 0 radical (unpaired) electrons. The Hall–Kier alpha value is -1.26. The molecule has 0 fully saturated rings. The third kappa shape index (κ3) is 1.23. The highest BCUT2D eigenvalue weighted by atomic mass is 35.5. The van der Waals surface area contributed by atoms with E-state index >= 15 is 0 Å². The topological polar surface area (TPSA) is 71.8 Å². The number of aromatic nitrogens is 2. The Balaban J connectivity index is 2.93. The first-order chi connectivity index (χ1) is 6.61. The third-order valence-electron chi connectivity index (χ3n) is 1.87. The molecule has 0 aliphatic heterocycles. The van der Waals surface area contributed by atoms with Crippen LogP contribution in [0.15, 0.2) is 12.3 Å². The summed E-state index contributed by atoms with van der Waals surface area (Å²) >= 11 is 11.6. The highest BCUT2D eigenvalue weighted by molar-refractivity contribution is 6.38.